The van der Waals surface area contributed by atoms with E-state index in [1.807, 2.05) is 26.2 Å². The van der Waals surface area contributed by atoms with E-state index in [0.717, 1.165) is 11.4 Å². The van der Waals surface area contributed by atoms with Crippen molar-refractivity contribution < 1.29 is 9.90 Å². The molecule has 0 bridgehead atoms. The highest BCUT2D eigenvalue weighted by Gasteiger charge is 2.18. The molecule has 0 saturated heterocycles. The van der Waals surface area contributed by atoms with Crippen molar-refractivity contribution in [3.8, 4) is 0 Å². The first-order chi connectivity index (χ1) is 8.04. The second kappa shape index (κ2) is 6.71. The fourth-order valence-corrected chi connectivity index (χ4v) is 2.20. The Hall–Kier alpha value is -0.940. The highest BCUT2D eigenvalue weighted by molar-refractivity contribution is 7.09. The van der Waals surface area contributed by atoms with Crippen LogP contribution in [0.2, 0.25) is 0 Å². The van der Waals surface area contributed by atoms with Crippen LogP contribution in [0.25, 0.3) is 0 Å². The second-order valence-corrected chi connectivity index (χ2v) is 5.34. The van der Waals surface area contributed by atoms with Gasteiger partial charge in [-0.25, -0.2) is 4.98 Å². The summed E-state index contributed by atoms with van der Waals surface area (Å²) >= 11 is 1.53. The number of nitrogens with zero attached hydrogens (tertiary/aromatic N) is 1. The third kappa shape index (κ3) is 4.44. The van der Waals surface area contributed by atoms with Gasteiger partial charge in [-0.1, -0.05) is 20.8 Å². The van der Waals surface area contributed by atoms with Crippen molar-refractivity contribution in [2.45, 2.75) is 45.8 Å². The number of hydrogen-bond donors (Lipinski definition) is 2. The van der Waals surface area contributed by atoms with Crippen LogP contribution in [0.15, 0.2) is 11.6 Å². The summed E-state index contributed by atoms with van der Waals surface area (Å²) in [5.41, 5.74) is 0. The highest BCUT2D eigenvalue weighted by atomic mass is 32.1. The molecular formula is C12H20N2O2S. The van der Waals surface area contributed by atoms with Crippen LogP contribution in [-0.2, 0) is 4.79 Å². The predicted octanol–water partition coefficient (Wildman–Crippen LogP) is 2.12. The molecule has 17 heavy (non-hydrogen) atoms. The number of thiazole rings is 1. The van der Waals surface area contributed by atoms with Gasteiger partial charge in [0.2, 0.25) is 5.91 Å². The standard InChI is InChI=1S/C12H20N2O2S/c1-4-9(12-13-5-6-17-12)14-11(16)7-10(15)8(2)3/h5-6,8-10,15H,4,7H2,1-3H3,(H,14,16). The fourth-order valence-electron chi connectivity index (χ4n) is 1.42. The molecule has 0 radical (unpaired) electrons. The van der Waals surface area contributed by atoms with Crippen LogP contribution in [0, 0.1) is 5.92 Å². The normalized spacial score (nSPS) is 14.6. The molecule has 2 atom stereocenters. The second-order valence-electron chi connectivity index (χ2n) is 4.41. The van der Waals surface area contributed by atoms with Crippen LogP contribution in [0.3, 0.4) is 0 Å². The molecule has 0 aliphatic heterocycles. The summed E-state index contributed by atoms with van der Waals surface area (Å²) in [6.07, 6.45) is 2.11. The summed E-state index contributed by atoms with van der Waals surface area (Å²) in [7, 11) is 0. The van der Waals surface area contributed by atoms with Gasteiger partial charge in [0.05, 0.1) is 18.6 Å². The molecule has 1 amide bonds. The Labute approximate surface area is 106 Å². The summed E-state index contributed by atoms with van der Waals surface area (Å²) in [4.78, 5) is 15.9. The molecule has 1 heterocycles. The molecule has 0 aliphatic rings. The van der Waals surface area contributed by atoms with Gasteiger partial charge in [-0.2, -0.15) is 0 Å². The van der Waals surface area contributed by atoms with E-state index in [9.17, 15) is 9.90 Å². The topological polar surface area (TPSA) is 62.2 Å². The number of aromatic nitrogens is 1. The van der Waals surface area contributed by atoms with E-state index < -0.39 is 6.10 Å². The molecule has 2 unspecified atom stereocenters. The smallest absolute Gasteiger partial charge is 0.223 e. The van der Waals surface area contributed by atoms with Crippen molar-refractivity contribution in [2.24, 2.45) is 5.92 Å². The zero-order valence-electron chi connectivity index (χ0n) is 10.5. The molecule has 96 valence electrons. The molecular weight excluding hydrogens is 236 g/mol. The molecule has 1 rings (SSSR count). The van der Waals surface area contributed by atoms with E-state index in [2.05, 4.69) is 10.3 Å². The first-order valence-electron chi connectivity index (χ1n) is 5.91. The average molecular weight is 256 g/mol. The van der Waals surface area contributed by atoms with Crippen molar-refractivity contribution in [3.05, 3.63) is 16.6 Å². The maximum Gasteiger partial charge on any atom is 0.223 e. The van der Waals surface area contributed by atoms with Crippen molar-refractivity contribution in [2.75, 3.05) is 0 Å². The third-order valence-electron chi connectivity index (χ3n) is 2.66. The van der Waals surface area contributed by atoms with Gasteiger partial charge in [0.25, 0.3) is 0 Å². The zero-order valence-corrected chi connectivity index (χ0v) is 11.3. The monoisotopic (exact) mass is 256 g/mol. The summed E-state index contributed by atoms with van der Waals surface area (Å²) in [5, 5.41) is 15.4. The molecule has 2 N–H and O–H groups in total. The summed E-state index contributed by atoms with van der Waals surface area (Å²) in [6, 6.07) is -0.0399. The van der Waals surface area contributed by atoms with Crippen LogP contribution < -0.4 is 5.32 Å². The Morgan fingerprint density at radius 3 is 2.76 bits per heavy atom. The van der Waals surface area contributed by atoms with Crippen LogP contribution in [-0.4, -0.2) is 22.1 Å². The first-order valence-corrected chi connectivity index (χ1v) is 6.79. The Kier molecular flexibility index (Phi) is 5.58. The van der Waals surface area contributed by atoms with Crippen LogP contribution in [0.5, 0.6) is 0 Å². The predicted molar refractivity (Wildman–Crippen MR) is 68.8 cm³/mol. The molecule has 1 aromatic rings. The van der Waals surface area contributed by atoms with Gasteiger partial charge in [-0.3, -0.25) is 4.79 Å². The van der Waals surface area contributed by atoms with Crippen LogP contribution in [0.1, 0.15) is 44.7 Å². The van der Waals surface area contributed by atoms with E-state index in [1.165, 1.54) is 11.3 Å². The van der Waals surface area contributed by atoms with Gasteiger partial charge in [-0.15, -0.1) is 11.3 Å². The lowest BCUT2D eigenvalue weighted by atomic mass is 10.0. The van der Waals surface area contributed by atoms with E-state index in [4.69, 9.17) is 0 Å². The van der Waals surface area contributed by atoms with Gasteiger partial charge in [0.1, 0.15) is 5.01 Å². The molecule has 4 nitrogen and oxygen atoms in total. The van der Waals surface area contributed by atoms with E-state index in [1.54, 1.807) is 6.20 Å². The first kappa shape index (κ1) is 14.1. The minimum absolute atomic E-state index is 0.0399. The molecule has 0 saturated carbocycles. The van der Waals surface area contributed by atoms with Crippen LogP contribution in [0.4, 0.5) is 0 Å². The number of nitrogens with one attached hydrogen (secondary N) is 1. The van der Waals surface area contributed by atoms with Gasteiger partial charge in [0.15, 0.2) is 0 Å². The Balaban J connectivity index is 2.49. The van der Waals surface area contributed by atoms with Gasteiger partial charge >= 0.3 is 0 Å². The molecule has 0 aromatic carbocycles. The lowest BCUT2D eigenvalue weighted by Crippen LogP contribution is -2.32. The molecule has 0 aliphatic carbocycles. The Bertz CT molecular complexity index is 338. The molecule has 1 aromatic heterocycles. The van der Waals surface area contributed by atoms with Crippen LogP contribution >= 0.6 is 11.3 Å². The van der Waals surface area contributed by atoms with E-state index >= 15 is 0 Å². The Morgan fingerprint density at radius 1 is 1.59 bits per heavy atom. The lowest BCUT2D eigenvalue weighted by Gasteiger charge is -2.18. The largest absolute Gasteiger partial charge is 0.392 e. The number of carbonyl (C=O) groups excluding carboxylic acids is 1. The van der Waals surface area contributed by atoms with Crippen molar-refractivity contribution in [3.63, 3.8) is 0 Å². The Morgan fingerprint density at radius 2 is 2.29 bits per heavy atom. The number of hydrogen-bond acceptors (Lipinski definition) is 4. The van der Waals surface area contributed by atoms with Gasteiger partial charge < -0.3 is 10.4 Å². The fraction of sp³-hybridized carbons (Fsp3) is 0.667. The number of aliphatic hydroxyl groups excluding tert-OH is 1. The quantitative estimate of drug-likeness (QED) is 0.819. The minimum atomic E-state index is -0.580. The maximum atomic E-state index is 11.7. The molecule has 5 heteroatoms. The molecule has 0 fully saturated rings. The average Bonchev–Trinajstić information content (AvgIpc) is 2.78. The zero-order chi connectivity index (χ0) is 12.8. The minimum Gasteiger partial charge on any atom is -0.392 e. The summed E-state index contributed by atoms with van der Waals surface area (Å²) < 4.78 is 0. The SMILES string of the molecule is CCC(NC(=O)CC(O)C(C)C)c1nccs1. The lowest BCUT2D eigenvalue weighted by molar-refractivity contribution is -0.124. The molecule has 0 spiro atoms. The van der Waals surface area contributed by atoms with Gasteiger partial charge in [0, 0.05) is 11.6 Å². The maximum absolute atomic E-state index is 11.7. The number of amides is 1. The van der Waals surface area contributed by atoms with E-state index in [-0.39, 0.29) is 24.3 Å². The van der Waals surface area contributed by atoms with Crippen molar-refractivity contribution in [1.82, 2.24) is 10.3 Å². The third-order valence-corrected chi connectivity index (χ3v) is 3.55. The van der Waals surface area contributed by atoms with Gasteiger partial charge in [-0.05, 0) is 12.3 Å². The summed E-state index contributed by atoms with van der Waals surface area (Å²) in [6.45, 7) is 5.80. The highest BCUT2D eigenvalue weighted by Crippen LogP contribution is 2.19. The van der Waals surface area contributed by atoms with Crippen molar-refractivity contribution in [1.29, 1.82) is 0 Å². The van der Waals surface area contributed by atoms with Crippen molar-refractivity contribution >= 4 is 17.2 Å². The van der Waals surface area contributed by atoms with E-state index in [0.29, 0.717) is 0 Å². The number of carbonyl (C=O) groups is 1. The number of rotatable bonds is 6. The number of aliphatic hydroxyl groups is 1. The summed E-state index contributed by atoms with van der Waals surface area (Å²) in [5.74, 6) is -0.0195.